The van der Waals surface area contributed by atoms with E-state index in [0.717, 1.165) is 11.3 Å². The summed E-state index contributed by atoms with van der Waals surface area (Å²) in [7, 11) is 0. The van der Waals surface area contributed by atoms with Gasteiger partial charge in [0, 0.05) is 12.8 Å². The molecule has 0 bridgehead atoms. The molecule has 0 amide bonds. The van der Waals surface area contributed by atoms with E-state index < -0.39 is 5.97 Å². The molecule has 1 unspecified atom stereocenters. The number of carbonyl (C=O) groups is 1. The normalized spacial score (nSPS) is 11.7. The third kappa shape index (κ3) is 6.00. The predicted molar refractivity (Wildman–Crippen MR) is 87.6 cm³/mol. The third-order valence-corrected chi connectivity index (χ3v) is 3.36. The van der Waals surface area contributed by atoms with Crippen LogP contribution in [0.1, 0.15) is 18.4 Å². The minimum absolute atomic E-state index is 0.0753. The summed E-state index contributed by atoms with van der Waals surface area (Å²) in [5.74, 6) is 0.631. The topological polar surface area (TPSA) is 81.8 Å². The largest absolute Gasteiger partial charge is 0.490 e. The molecule has 0 aliphatic carbocycles. The fourth-order valence-electron chi connectivity index (χ4n) is 2.26. The van der Waals surface area contributed by atoms with Crippen LogP contribution < -0.4 is 15.2 Å². The van der Waals surface area contributed by atoms with Gasteiger partial charge in [0.05, 0.1) is 0 Å². The molecule has 1 atom stereocenters. The van der Waals surface area contributed by atoms with Crippen molar-refractivity contribution in [2.24, 2.45) is 5.73 Å². The van der Waals surface area contributed by atoms with Crippen LogP contribution in [-0.4, -0.2) is 23.9 Å². The first-order valence-electron chi connectivity index (χ1n) is 7.52. The van der Waals surface area contributed by atoms with Crippen molar-refractivity contribution >= 4 is 5.97 Å². The van der Waals surface area contributed by atoms with Crippen molar-refractivity contribution in [1.29, 1.82) is 0 Å². The summed E-state index contributed by atoms with van der Waals surface area (Å²) in [6, 6.07) is 17.0. The number of hydrogen-bond donors (Lipinski definition) is 2. The van der Waals surface area contributed by atoms with Crippen LogP contribution in [0.25, 0.3) is 0 Å². The number of nitrogens with two attached hydrogens (primary N) is 1. The Morgan fingerprint density at radius 1 is 1.04 bits per heavy atom. The van der Waals surface area contributed by atoms with Gasteiger partial charge in [-0.25, -0.2) is 0 Å². The van der Waals surface area contributed by atoms with Crippen molar-refractivity contribution < 1.29 is 19.4 Å². The van der Waals surface area contributed by atoms with E-state index in [9.17, 15) is 4.79 Å². The van der Waals surface area contributed by atoms with Crippen LogP contribution in [0.2, 0.25) is 0 Å². The molecule has 0 spiro atoms. The van der Waals surface area contributed by atoms with Crippen molar-refractivity contribution in [3.8, 4) is 11.5 Å². The molecule has 0 radical (unpaired) electrons. The van der Waals surface area contributed by atoms with Gasteiger partial charge in [-0.05, 0) is 36.2 Å². The first-order chi connectivity index (χ1) is 11.2. The maximum absolute atomic E-state index is 10.8. The number of para-hydroxylation sites is 1. The molecule has 2 aromatic carbocycles. The molecule has 0 heterocycles. The molecule has 2 aromatic rings. The van der Waals surface area contributed by atoms with Gasteiger partial charge in [-0.15, -0.1) is 0 Å². The van der Waals surface area contributed by atoms with Gasteiger partial charge in [0.2, 0.25) is 0 Å². The number of hydrogen-bond acceptors (Lipinski definition) is 4. The minimum atomic E-state index is -0.821. The first kappa shape index (κ1) is 16.8. The Kier molecular flexibility index (Phi) is 6.44. The molecule has 122 valence electrons. The molecular formula is C18H21NO4. The van der Waals surface area contributed by atoms with Gasteiger partial charge in [0.15, 0.2) is 0 Å². The van der Waals surface area contributed by atoms with Crippen molar-refractivity contribution in [3.63, 3.8) is 0 Å². The highest BCUT2D eigenvalue weighted by Crippen LogP contribution is 2.19. The van der Waals surface area contributed by atoms with Crippen molar-refractivity contribution in [1.82, 2.24) is 0 Å². The summed E-state index contributed by atoms with van der Waals surface area (Å²) in [6.45, 7) is 0.137. The van der Waals surface area contributed by atoms with E-state index in [2.05, 4.69) is 0 Å². The molecule has 0 aliphatic heterocycles. The monoisotopic (exact) mass is 315 g/mol. The van der Waals surface area contributed by atoms with E-state index >= 15 is 0 Å². The fraction of sp³-hybridized carbons (Fsp3) is 0.278. The highest BCUT2D eigenvalue weighted by atomic mass is 16.5. The lowest BCUT2D eigenvalue weighted by Gasteiger charge is -2.19. The maximum atomic E-state index is 10.8. The molecular weight excluding hydrogens is 294 g/mol. The number of rotatable bonds is 9. The van der Waals surface area contributed by atoms with Gasteiger partial charge in [-0.2, -0.15) is 0 Å². The second-order valence-corrected chi connectivity index (χ2v) is 5.14. The molecule has 5 heteroatoms. The van der Waals surface area contributed by atoms with Crippen molar-refractivity contribution in [3.05, 3.63) is 60.2 Å². The average Bonchev–Trinajstić information content (AvgIpc) is 2.55. The van der Waals surface area contributed by atoms with Gasteiger partial charge in [-0.1, -0.05) is 30.3 Å². The SMILES string of the molecule is NCOc1ccc(CC(CCC(=O)O)Oc2ccccc2)cc1. The second kappa shape index (κ2) is 8.80. The zero-order chi connectivity index (χ0) is 16.5. The summed E-state index contributed by atoms with van der Waals surface area (Å²) >= 11 is 0. The van der Waals surface area contributed by atoms with E-state index in [1.54, 1.807) is 0 Å². The Morgan fingerprint density at radius 2 is 1.74 bits per heavy atom. The quantitative estimate of drug-likeness (QED) is 0.695. The maximum Gasteiger partial charge on any atom is 0.303 e. The Bertz CT molecular complexity index is 598. The molecule has 0 saturated carbocycles. The third-order valence-electron chi connectivity index (χ3n) is 3.36. The van der Waals surface area contributed by atoms with E-state index in [0.29, 0.717) is 18.6 Å². The molecule has 0 aliphatic rings. The van der Waals surface area contributed by atoms with E-state index in [1.807, 2.05) is 54.6 Å². The lowest BCUT2D eigenvalue weighted by molar-refractivity contribution is -0.137. The van der Waals surface area contributed by atoms with Crippen molar-refractivity contribution in [2.75, 3.05) is 6.73 Å². The minimum Gasteiger partial charge on any atom is -0.490 e. The second-order valence-electron chi connectivity index (χ2n) is 5.14. The molecule has 2 rings (SSSR count). The van der Waals surface area contributed by atoms with E-state index in [4.69, 9.17) is 20.3 Å². The number of ether oxygens (including phenoxy) is 2. The average molecular weight is 315 g/mol. The predicted octanol–water partition coefficient (Wildman–Crippen LogP) is 2.84. The smallest absolute Gasteiger partial charge is 0.303 e. The van der Waals surface area contributed by atoms with Crippen LogP contribution in [0.15, 0.2) is 54.6 Å². The number of carboxylic acid groups (broad SMARTS) is 1. The molecule has 23 heavy (non-hydrogen) atoms. The molecule has 0 aromatic heterocycles. The Hall–Kier alpha value is -2.53. The van der Waals surface area contributed by atoms with Gasteiger partial charge in [0.25, 0.3) is 0 Å². The zero-order valence-corrected chi connectivity index (χ0v) is 12.9. The van der Waals surface area contributed by atoms with Crippen LogP contribution >= 0.6 is 0 Å². The van der Waals surface area contributed by atoms with Crippen LogP contribution in [0.4, 0.5) is 0 Å². The van der Waals surface area contributed by atoms with Crippen molar-refractivity contribution in [2.45, 2.75) is 25.4 Å². The Morgan fingerprint density at radius 3 is 2.35 bits per heavy atom. The van der Waals surface area contributed by atoms with Crippen LogP contribution in [-0.2, 0) is 11.2 Å². The Balaban J connectivity index is 2.02. The van der Waals surface area contributed by atoms with E-state index in [-0.39, 0.29) is 19.3 Å². The zero-order valence-electron chi connectivity index (χ0n) is 12.9. The highest BCUT2D eigenvalue weighted by Gasteiger charge is 2.14. The van der Waals surface area contributed by atoms with Gasteiger partial charge in [0.1, 0.15) is 24.3 Å². The highest BCUT2D eigenvalue weighted by molar-refractivity contribution is 5.66. The number of aliphatic carboxylic acids is 1. The van der Waals surface area contributed by atoms with E-state index in [1.165, 1.54) is 0 Å². The number of benzene rings is 2. The van der Waals surface area contributed by atoms with Crippen LogP contribution in [0.3, 0.4) is 0 Å². The molecule has 5 nitrogen and oxygen atoms in total. The lowest BCUT2D eigenvalue weighted by Crippen LogP contribution is -2.21. The summed E-state index contributed by atoms with van der Waals surface area (Å²) in [5.41, 5.74) is 6.39. The molecule has 0 fully saturated rings. The Labute approximate surface area is 135 Å². The standard InChI is InChI=1S/C18H21NO4/c19-13-22-15-8-6-14(7-9-15)12-17(10-11-18(20)21)23-16-4-2-1-3-5-16/h1-9,17H,10-13,19H2,(H,20,21). The van der Waals surface area contributed by atoms with Gasteiger partial charge < -0.3 is 14.6 Å². The fourth-order valence-corrected chi connectivity index (χ4v) is 2.26. The van der Waals surface area contributed by atoms with Gasteiger partial charge in [-0.3, -0.25) is 10.5 Å². The summed E-state index contributed by atoms with van der Waals surface area (Å²) in [5, 5.41) is 8.91. The molecule has 0 saturated heterocycles. The summed E-state index contributed by atoms with van der Waals surface area (Å²) in [4.78, 5) is 10.8. The van der Waals surface area contributed by atoms with Crippen LogP contribution in [0, 0.1) is 0 Å². The first-order valence-corrected chi connectivity index (χ1v) is 7.52. The van der Waals surface area contributed by atoms with Crippen LogP contribution in [0.5, 0.6) is 11.5 Å². The number of carboxylic acids is 1. The summed E-state index contributed by atoms with van der Waals surface area (Å²) in [6.07, 6.45) is 0.956. The lowest BCUT2D eigenvalue weighted by atomic mass is 10.0. The van der Waals surface area contributed by atoms with Gasteiger partial charge >= 0.3 is 5.97 Å². The molecule has 3 N–H and O–H groups in total. The summed E-state index contributed by atoms with van der Waals surface area (Å²) < 4.78 is 11.1.